The van der Waals surface area contributed by atoms with Gasteiger partial charge in [-0.2, -0.15) is 10.4 Å². The van der Waals surface area contributed by atoms with E-state index in [0.717, 1.165) is 10.0 Å². The third-order valence-corrected chi connectivity index (χ3v) is 4.32. The van der Waals surface area contributed by atoms with Crippen LogP contribution in [0.3, 0.4) is 0 Å². The van der Waals surface area contributed by atoms with Crippen molar-refractivity contribution in [3.63, 3.8) is 0 Å². The average molecular weight is 429 g/mol. The number of benzene rings is 2. The van der Waals surface area contributed by atoms with E-state index in [9.17, 15) is 0 Å². The molecule has 0 fully saturated rings. The Balaban J connectivity index is 2.16. The number of hydrogen-bond acceptors (Lipinski definition) is 5. The first kappa shape index (κ1) is 18.4. The highest BCUT2D eigenvalue weighted by molar-refractivity contribution is 9.10. The monoisotopic (exact) mass is 427 g/mol. The van der Waals surface area contributed by atoms with E-state index in [0.29, 0.717) is 27.2 Å². The fourth-order valence-electron chi connectivity index (χ4n) is 1.77. The SMILES string of the molecule is COc1cc(/C=N/Nc2ccc(Cl)c(Cl)c2)c(Br)cc1OCC#N. The van der Waals surface area contributed by atoms with Crippen molar-refractivity contribution in [3.8, 4) is 17.6 Å². The molecular weight excluding hydrogens is 417 g/mol. The second-order valence-corrected chi connectivity index (χ2v) is 6.14. The molecule has 0 aliphatic rings. The van der Waals surface area contributed by atoms with Gasteiger partial charge in [-0.3, -0.25) is 5.43 Å². The van der Waals surface area contributed by atoms with Crippen LogP contribution in [0.25, 0.3) is 0 Å². The molecule has 0 aliphatic heterocycles. The maximum Gasteiger partial charge on any atom is 0.174 e. The summed E-state index contributed by atoms with van der Waals surface area (Å²) in [6.07, 6.45) is 1.61. The Labute approximate surface area is 157 Å². The lowest BCUT2D eigenvalue weighted by molar-refractivity contribution is 0.329. The number of nitrogens with one attached hydrogen (secondary N) is 1. The van der Waals surface area contributed by atoms with Crippen molar-refractivity contribution in [2.45, 2.75) is 0 Å². The van der Waals surface area contributed by atoms with Gasteiger partial charge in [-0.1, -0.05) is 23.2 Å². The van der Waals surface area contributed by atoms with Crippen LogP contribution in [-0.4, -0.2) is 19.9 Å². The van der Waals surface area contributed by atoms with E-state index in [-0.39, 0.29) is 6.61 Å². The van der Waals surface area contributed by atoms with Gasteiger partial charge in [-0.05, 0) is 46.3 Å². The molecule has 124 valence electrons. The first-order valence-corrected chi connectivity index (χ1v) is 8.21. The smallest absolute Gasteiger partial charge is 0.174 e. The van der Waals surface area contributed by atoms with Gasteiger partial charge in [0.2, 0.25) is 0 Å². The molecule has 0 saturated heterocycles. The van der Waals surface area contributed by atoms with Crippen LogP contribution in [0.15, 0.2) is 39.9 Å². The van der Waals surface area contributed by atoms with Gasteiger partial charge >= 0.3 is 0 Å². The number of nitrogens with zero attached hydrogens (tertiary/aromatic N) is 2. The second-order valence-electron chi connectivity index (χ2n) is 4.47. The van der Waals surface area contributed by atoms with E-state index in [2.05, 4.69) is 26.5 Å². The lowest BCUT2D eigenvalue weighted by Crippen LogP contribution is -1.99. The Morgan fingerprint density at radius 2 is 2.04 bits per heavy atom. The van der Waals surface area contributed by atoms with Crippen molar-refractivity contribution < 1.29 is 9.47 Å². The molecule has 0 aromatic heterocycles. The Bertz CT molecular complexity index is 807. The zero-order valence-corrected chi connectivity index (χ0v) is 15.6. The Morgan fingerprint density at radius 3 is 2.71 bits per heavy atom. The Kier molecular flexibility index (Phi) is 6.73. The minimum Gasteiger partial charge on any atom is -0.493 e. The van der Waals surface area contributed by atoms with Crippen molar-refractivity contribution in [1.29, 1.82) is 5.26 Å². The van der Waals surface area contributed by atoms with E-state index < -0.39 is 0 Å². The predicted octanol–water partition coefficient (Wildman–Crippen LogP) is 5.11. The van der Waals surface area contributed by atoms with Gasteiger partial charge in [-0.15, -0.1) is 0 Å². The van der Waals surface area contributed by atoms with Gasteiger partial charge < -0.3 is 9.47 Å². The number of hydrogen-bond donors (Lipinski definition) is 1. The summed E-state index contributed by atoms with van der Waals surface area (Å²) in [5, 5.41) is 13.7. The summed E-state index contributed by atoms with van der Waals surface area (Å²) in [6.45, 7) is -0.0604. The van der Waals surface area contributed by atoms with E-state index >= 15 is 0 Å². The molecule has 8 heteroatoms. The van der Waals surface area contributed by atoms with Crippen LogP contribution in [0, 0.1) is 11.3 Å². The molecule has 0 aliphatic carbocycles. The minimum atomic E-state index is -0.0604. The largest absolute Gasteiger partial charge is 0.493 e. The quantitative estimate of drug-likeness (QED) is 0.512. The highest BCUT2D eigenvalue weighted by Crippen LogP contribution is 2.33. The molecule has 24 heavy (non-hydrogen) atoms. The lowest BCUT2D eigenvalue weighted by Gasteiger charge is -2.10. The second kappa shape index (κ2) is 8.78. The Morgan fingerprint density at radius 1 is 1.25 bits per heavy atom. The molecule has 0 amide bonds. The van der Waals surface area contributed by atoms with Crippen molar-refractivity contribution in [3.05, 3.63) is 50.4 Å². The summed E-state index contributed by atoms with van der Waals surface area (Å²) in [6, 6.07) is 10.5. The molecule has 0 atom stereocenters. The number of hydrazone groups is 1. The molecule has 2 rings (SSSR count). The predicted molar refractivity (Wildman–Crippen MR) is 99.5 cm³/mol. The highest BCUT2D eigenvalue weighted by Gasteiger charge is 2.09. The van der Waals surface area contributed by atoms with Crippen LogP contribution in [-0.2, 0) is 0 Å². The first-order valence-electron chi connectivity index (χ1n) is 6.66. The summed E-state index contributed by atoms with van der Waals surface area (Å²) in [5.74, 6) is 0.977. The number of ether oxygens (including phenoxy) is 2. The van der Waals surface area contributed by atoms with Crippen LogP contribution in [0.5, 0.6) is 11.5 Å². The average Bonchev–Trinajstić information content (AvgIpc) is 2.57. The van der Waals surface area contributed by atoms with Gasteiger partial charge in [0, 0.05) is 10.0 Å². The summed E-state index contributed by atoms with van der Waals surface area (Å²) in [4.78, 5) is 0. The molecule has 5 nitrogen and oxygen atoms in total. The third-order valence-electron chi connectivity index (χ3n) is 2.89. The van der Waals surface area contributed by atoms with Crippen molar-refractivity contribution in [1.82, 2.24) is 0 Å². The maximum atomic E-state index is 8.60. The number of nitriles is 1. The van der Waals surface area contributed by atoms with E-state index in [1.807, 2.05) is 6.07 Å². The third kappa shape index (κ3) is 4.78. The summed E-state index contributed by atoms with van der Waals surface area (Å²) in [5.41, 5.74) is 4.34. The van der Waals surface area contributed by atoms with Crippen LogP contribution in [0.1, 0.15) is 5.56 Å². The zero-order valence-electron chi connectivity index (χ0n) is 12.5. The topological polar surface area (TPSA) is 66.6 Å². The van der Waals surface area contributed by atoms with Crippen LogP contribution < -0.4 is 14.9 Å². The minimum absolute atomic E-state index is 0.0604. The molecule has 0 spiro atoms. The van der Waals surface area contributed by atoms with Gasteiger partial charge in [0.1, 0.15) is 6.07 Å². The highest BCUT2D eigenvalue weighted by atomic mass is 79.9. The number of anilines is 1. The summed E-state index contributed by atoms with van der Waals surface area (Å²) < 4.78 is 11.3. The number of methoxy groups -OCH3 is 1. The molecule has 1 N–H and O–H groups in total. The van der Waals surface area contributed by atoms with Gasteiger partial charge in [0.05, 0.1) is 29.1 Å². The molecule has 0 bridgehead atoms. The van der Waals surface area contributed by atoms with Gasteiger partial charge in [0.15, 0.2) is 18.1 Å². The van der Waals surface area contributed by atoms with Crippen LogP contribution in [0.2, 0.25) is 10.0 Å². The molecule has 0 unspecified atom stereocenters. The number of rotatable bonds is 6. The normalized spacial score (nSPS) is 10.5. The van der Waals surface area contributed by atoms with Crippen molar-refractivity contribution in [2.75, 3.05) is 19.1 Å². The first-order chi connectivity index (χ1) is 11.5. The molecule has 2 aromatic rings. The Hall–Kier alpha value is -1.94. The van der Waals surface area contributed by atoms with Crippen molar-refractivity contribution >= 4 is 51.0 Å². The summed E-state index contributed by atoms with van der Waals surface area (Å²) >= 11 is 15.2. The molecular formula is C16H12BrCl2N3O2. The molecule has 0 saturated carbocycles. The van der Waals surface area contributed by atoms with Crippen molar-refractivity contribution in [2.24, 2.45) is 5.10 Å². The molecule has 0 radical (unpaired) electrons. The zero-order chi connectivity index (χ0) is 17.5. The van der Waals surface area contributed by atoms with Gasteiger partial charge in [-0.25, -0.2) is 0 Å². The molecule has 2 aromatic carbocycles. The van der Waals surface area contributed by atoms with E-state index in [1.165, 1.54) is 7.11 Å². The fraction of sp³-hybridized carbons (Fsp3) is 0.125. The lowest BCUT2D eigenvalue weighted by atomic mass is 10.2. The summed E-state index contributed by atoms with van der Waals surface area (Å²) in [7, 11) is 1.53. The standard InChI is InChI=1S/C16H12BrCl2N3O2/c1-23-15-6-10(12(17)8-16(15)24-5-4-20)9-21-22-11-2-3-13(18)14(19)7-11/h2-3,6-9,22H,5H2,1H3/b21-9+. The van der Waals surface area contributed by atoms with Crippen LogP contribution >= 0.6 is 39.1 Å². The van der Waals surface area contributed by atoms with Gasteiger partial charge in [0.25, 0.3) is 0 Å². The molecule has 0 heterocycles. The maximum absolute atomic E-state index is 8.60. The van der Waals surface area contributed by atoms with E-state index in [4.69, 9.17) is 37.9 Å². The number of halogens is 3. The van der Waals surface area contributed by atoms with Crippen LogP contribution in [0.4, 0.5) is 5.69 Å². The fourth-order valence-corrected chi connectivity index (χ4v) is 2.50. The van der Waals surface area contributed by atoms with E-state index in [1.54, 1.807) is 36.5 Å².